The van der Waals surface area contributed by atoms with Crippen molar-refractivity contribution < 1.29 is 0 Å². The second-order valence-corrected chi connectivity index (χ2v) is 20.9. The molecular weight excluding hydrogens is 957 g/mol. The van der Waals surface area contributed by atoms with Gasteiger partial charge in [-0.25, -0.2) is 0 Å². The molecule has 3 heterocycles. The molecular formula is C75H54N4. The minimum Gasteiger partial charge on any atom is -0.311 e. The zero-order valence-corrected chi connectivity index (χ0v) is 43.6. The van der Waals surface area contributed by atoms with E-state index in [-0.39, 0.29) is 0 Å². The number of benzene rings is 9. The van der Waals surface area contributed by atoms with Crippen LogP contribution < -0.4 is 19.6 Å². The van der Waals surface area contributed by atoms with Crippen molar-refractivity contribution >= 4 is 69.4 Å². The second kappa shape index (κ2) is 19.4. The number of hydrogen-bond donors (Lipinski definition) is 0. The van der Waals surface area contributed by atoms with Crippen LogP contribution in [0.2, 0.25) is 0 Å². The van der Waals surface area contributed by atoms with Gasteiger partial charge in [-0.2, -0.15) is 0 Å². The summed E-state index contributed by atoms with van der Waals surface area (Å²) in [7, 11) is 0. The topological polar surface area (TPSA) is 13.0 Å². The molecule has 4 heteroatoms. The standard InChI is InChI=1S/C75H54N4/c1-7-19-70-58(13-1)49-59-14-2-8-20-71(59)77(70)67-43-31-55(32-44-67)52-25-37-64(38-26-52)76(65-39-27-53(28-40-65)56-33-45-68(46-34-56)78-72-21-9-3-15-60(72)50-61-16-4-10-22-73(61)78)66-41-29-54(30-42-66)57-35-47-69(48-36-57)79-74-23-11-5-17-62(74)51-63-18-6-12-24-75(63)79/h1-13,15,17,19-51H,14,16,18H2. The van der Waals surface area contributed by atoms with E-state index in [1.54, 1.807) is 0 Å². The first-order valence-electron chi connectivity index (χ1n) is 27.5. The van der Waals surface area contributed by atoms with Crippen LogP contribution in [0.4, 0.5) is 51.2 Å². The summed E-state index contributed by atoms with van der Waals surface area (Å²) in [5.41, 5.74) is 28.9. The van der Waals surface area contributed by atoms with Gasteiger partial charge in [-0.15, -0.1) is 0 Å². The number of fused-ring (bicyclic) bond motifs is 6. The molecule has 0 bridgehead atoms. The quantitative estimate of drug-likeness (QED) is 0.143. The average molecular weight is 1010 g/mol. The molecule has 6 aliphatic rings. The zero-order chi connectivity index (χ0) is 52.2. The first kappa shape index (κ1) is 46.2. The zero-order valence-electron chi connectivity index (χ0n) is 43.6. The highest BCUT2D eigenvalue weighted by Crippen LogP contribution is 2.47. The van der Waals surface area contributed by atoms with E-state index in [0.29, 0.717) is 0 Å². The van der Waals surface area contributed by atoms with Crippen molar-refractivity contribution in [3.05, 3.63) is 324 Å². The first-order valence-corrected chi connectivity index (χ1v) is 27.5. The molecule has 9 aromatic carbocycles. The summed E-state index contributed by atoms with van der Waals surface area (Å²) in [4.78, 5) is 9.58. The molecule has 0 unspecified atom stereocenters. The molecule has 0 spiro atoms. The van der Waals surface area contributed by atoms with Crippen molar-refractivity contribution in [2.45, 2.75) is 19.3 Å². The highest BCUT2D eigenvalue weighted by Gasteiger charge is 2.28. The maximum absolute atomic E-state index is 2.40. The lowest BCUT2D eigenvalue weighted by Crippen LogP contribution is -2.22. The Morgan fingerprint density at radius 1 is 0.266 bits per heavy atom. The summed E-state index contributed by atoms with van der Waals surface area (Å²) in [6.45, 7) is 0. The summed E-state index contributed by atoms with van der Waals surface area (Å²) in [6, 6.07) is 80.3. The first-order chi connectivity index (χ1) is 39.1. The Hall–Kier alpha value is -10.2. The minimum atomic E-state index is 0.935. The van der Waals surface area contributed by atoms with Gasteiger partial charge in [0.2, 0.25) is 0 Å². The molecule has 3 aliphatic heterocycles. The number of hydrogen-bond acceptors (Lipinski definition) is 4. The lowest BCUT2D eigenvalue weighted by atomic mass is 9.93. The van der Waals surface area contributed by atoms with Crippen molar-refractivity contribution in [1.29, 1.82) is 0 Å². The van der Waals surface area contributed by atoms with Gasteiger partial charge in [-0.05, 0) is 214 Å². The molecule has 79 heavy (non-hydrogen) atoms. The molecule has 4 nitrogen and oxygen atoms in total. The number of para-hydroxylation sites is 3. The summed E-state index contributed by atoms with van der Waals surface area (Å²) in [5.74, 6) is 0. The molecule has 0 radical (unpaired) electrons. The number of allylic oxidation sites excluding steroid dienone is 12. The normalized spacial score (nSPS) is 15.4. The van der Waals surface area contributed by atoms with Gasteiger partial charge in [0, 0.05) is 51.2 Å². The van der Waals surface area contributed by atoms with Crippen LogP contribution in [0.5, 0.6) is 0 Å². The largest absolute Gasteiger partial charge is 0.311 e. The Kier molecular flexibility index (Phi) is 11.4. The molecule has 0 saturated heterocycles. The molecule has 15 rings (SSSR count). The number of nitrogens with zero attached hydrogens (tertiary/aromatic N) is 4. The van der Waals surface area contributed by atoms with Crippen LogP contribution in [0.3, 0.4) is 0 Å². The Morgan fingerprint density at radius 3 is 0.797 bits per heavy atom. The van der Waals surface area contributed by atoms with Gasteiger partial charge >= 0.3 is 0 Å². The van der Waals surface area contributed by atoms with Crippen LogP contribution in [0, 0.1) is 0 Å². The third-order valence-electron chi connectivity index (χ3n) is 16.2. The fourth-order valence-electron chi connectivity index (χ4n) is 12.2. The van der Waals surface area contributed by atoms with Gasteiger partial charge in [-0.3, -0.25) is 0 Å². The summed E-state index contributed by atoms with van der Waals surface area (Å²) >= 11 is 0. The van der Waals surface area contributed by atoms with Gasteiger partial charge in [0.15, 0.2) is 0 Å². The van der Waals surface area contributed by atoms with E-state index in [1.807, 2.05) is 0 Å². The molecule has 0 aromatic heterocycles. The Morgan fingerprint density at radius 2 is 0.519 bits per heavy atom. The molecule has 0 fully saturated rings. The Bertz CT molecular complexity index is 3730. The van der Waals surface area contributed by atoms with Gasteiger partial charge in [0.05, 0.1) is 17.1 Å². The second-order valence-electron chi connectivity index (χ2n) is 20.9. The Labute approximate surface area is 462 Å². The van der Waals surface area contributed by atoms with Gasteiger partial charge in [-0.1, -0.05) is 164 Å². The lowest BCUT2D eigenvalue weighted by molar-refractivity contribution is 1.08. The summed E-state index contributed by atoms with van der Waals surface area (Å²) in [5, 5.41) is 0. The predicted octanol–water partition coefficient (Wildman–Crippen LogP) is 20.3. The van der Waals surface area contributed by atoms with E-state index < -0.39 is 0 Å². The van der Waals surface area contributed by atoms with Crippen LogP contribution in [0.15, 0.2) is 307 Å². The smallest absolute Gasteiger partial charge is 0.0534 e. The third kappa shape index (κ3) is 8.33. The van der Waals surface area contributed by atoms with E-state index >= 15 is 0 Å². The van der Waals surface area contributed by atoms with Crippen LogP contribution in [0.1, 0.15) is 36.0 Å². The fraction of sp³-hybridized carbons (Fsp3) is 0.0400. The molecule has 374 valence electrons. The molecule has 0 saturated carbocycles. The van der Waals surface area contributed by atoms with Crippen molar-refractivity contribution in [1.82, 2.24) is 0 Å². The Balaban J connectivity index is 0.736. The molecule has 9 aromatic rings. The highest BCUT2D eigenvalue weighted by molar-refractivity contribution is 5.90. The van der Waals surface area contributed by atoms with Crippen LogP contribution in [-0.2, 0) is 0 Å². The molecule has 0 atom stereocenters. The maximum atomic E-state index is 2.40. The van der Waals surface area contributed by atoms with Crippen LogP contribution in [-0.4, -0.2) is 0 Å². The van der Waals surface area contributed by atoms with Gasteiger partial charge < -0.3 is 19.6 Å². The van der Waals surface area contributed by atoms with Crippen molar-refractivity contribution in [2.24, 2.45) is 0 Å². The fourth-order valence-corrected chi connectivity index (χ4v) is 12.2. The van der Waals surface area contributed by atoms with Crippen molar-refractivity contribution in [3.63, 3.8) is 0 Å². The summed E-state index contributed by atoms with van der Waals surface area (Å²) in [6.07, 6.45) is 29.8. The van der Waals surface area contributed by atoms with Gasteiger partial charge in [0.1, 0.15) is 0 Å². The van der Waals surface area contributed by atoms with Crippen molar-refractivity contribution in [3.8, 4) is 33.4 Å². The van der Waals surface area contributed by atoms with E-state index in [0.717, 1.165) is 53.4 Å². The number of anilines is 9. The molecule has 0 N–H and O–H groups in total. The van der Waals surface area contributed by atoms with Crippen LogP contribution in [0.25, 0.3) is 51.6 Å². The van der Waals surface area contributed by atoms with Gasteiger partial charge in [0.25, 0.3) is 0 Å². The van der Waals surface area contributed by atoms with E-state index in [9.17, 15) is 0 Å². The highest BCUT2D eigenvalue weighted by atomic mass is 15.2. The van der Waals surface area contributed by atoms with Crippen LogP contribution >= 0.6 is 0 Å². The lowest BCUT2D eigenvalue weighted by Gasteiger charge is -2.35. The van der Waals surface area contributed by atoms with E-state index in [1.165, 1.54) is 101 Å². The average Bonchev–Trinajstić information content (AvgIpc) is 3.66. The predicted molar refractivity (Wildman–Crippen MR) is 333 cm³/mol. The SMILES string of the molecule is C1=CCC2=Cc3ccccc3N(c3ccc(-c4ccc(N(c5ccc(-c6ccc(N7C8=CC=CCC8=Cc8ccccc87)cc6)cc5)c5ccc(-c6ccc(N7C8=CC=CCC8=Cc8ccccc87)cc6)cc5)cc4)cc3)C2=C1. The monoisotopic (exact) mass is 1010 g/mol. The third-order valence-corrected chi connectivity index (χ3v) is 16.2. The minimum absolute atomic E-state index is 0.935. The van der Waals surface area contributed by atoms with Crippen molar-refractivity contribution in [2.75, 3.05) is 19.6 Å². The number of rotatable bonds is 9. The maximum Gasteiger partial charge on any atom is 0.0534 e. The van der Waals surface area contributed by atoms with E-state index in [2.05, 4.69) is 311 Å². The van der Waals surface area contributed by atoms with E-state index in [4.69, 9.17) is 0 Å². The molecule has 0 amide bonds. The molecule has 3 aliphatic carbocycles. The summed E-state index contributed by atoms with van der Waals surface area (Å²) < 4.78 is 0.